The fraction of sp³-hybridized carbons (Fsp3) is 0.484. The van der Waals surface area contributed by atoms with E-state index in [2.05, 4.69) is 112 Å². The first-order valence-electron chi connectivity index (χ1n) is 11.9. The Hall–Kier alpha value is -2.08. The van der Waals surface area contributed by atoms with E-state index >= 15 is 0 Å². The Labute approximate surface area is 190 Å². The molecule has 164 valence electrons. The van der Waals surface area contributed by atoms with Crippen LogP contribution < -0.4 is 0 Å². The van der Waals surface area contributed by atoms with E-state index in [1.54, 1.807) is 0 Å². The fourth-order valence-electron chi connectivity index (χ4n) is 5.12. The molecule has 0 heterocycles. The van der Waals surface area contributed by atoms with Crippen LogP contribution in [0.25, 0.3) is 11.1 Å². The van der Waals surface area contributed by atoms with Crippen molar-refractivity contribution in [3.05, 3.63) is 81.4 Å². The number of hydrogen-bond acceptors (Lipinski definition) is 0. The van der Waals surface area contributed by atoms with Crippen LogP contribution in [-0.2, 0) is 17.3 Å². The van der Waals surface area contributed by atoms with Crippen LogP contribution in [0, 0.1) is 5.41 Å². The largest absolute Gasteiger partial charge is 0.0692 e. The highest BCUT2D eigenvalue weighted by Gasteiger charge is 2.31. The highest BCUT2D eigenvalue weighted by atomic mass is 14.4. The molecule has 0 N–H and O–H groups in total. The molecule has 2 aliphatic carbocycles. The van der Waals surface area contributed by atoms with Crippen LogP contribution in [0.4, 0.5) is 0 Å². The van der Waals surface area contributed by atoms with Crippen molar-refractivity contribution in [1.29, 1.82) is 0 Å². The first-order chi connectivity index (χ1) is 14.2. The van der Waals surface area contributed by atoms with Crippen molar-refractivity contribution >= 4 is 0 Å². The molecule has 2 aliphatic rings. The van der Waals surface area contributed by atoms with Crippen molar-refractivity contribution in [2.75, 3.05) is 0 Å². The Morgan fingerprint density at radius 1 is 0.710 bits per heavy atom. The fourth-order valence-corrected chi connectivity index (χ4v) is 5.12. The molecule has 0 nitrogen and oxygen atoms in total. The summed E-state index contributed by atoms with van der Waals surface area (Å²) < 4.78 is 0. The highest BCUT2D eigenvalue weighted by molar-refractivity contribution is 5.79. The Morgan fingerprint density at radius 3 is 1.90 bits per heavy atom. The summed E-state index contributed by atoms with van der Waals surface area (Å²) in [5, 5.41) is 0. The van der Waals surface area contributed by atoms with Gasteiger partial charge in [-0.25, -0.2) is 0 Å². The van der Waals surface area contributed by atoms with Gasteiger partial charge in [0.2, 0.25) is 0 Å². The summed E-state index contributed by atoms with van der Waals surface area (Å²) in [7, 11) is 0. The molecular formula is C31H40. The molecule has 0 aliphatic heterocycles. The van der Waals surface area contributed by atoms with Crippen LogP contribution in [0.3, 0.4) is 0 Å². The maximum Gasteiger partial charge on any atom is 0.0237 e. The van der Waals surface area contributed by atoms with E-state index in [1.165, 1.54) is 50.1 Å². The lowest BCUT2D eigenvalue weighted by Gasteiger charge is -2.28. The molecule has 1 atom stereocenters. The maximum absolute atomic E-state index is 2.54. The lowest BCUT2D eigenvalue weighted by Crippen LogP contribution is -2.16. The molecule has 0 saturated carbocycles. The van der Waals surface area contributed by atoms with Gasteiger partial charge in [-0.05, 0) is 74.1 Å². The smallest absolute Gasteiger partial charge is 0.0237 e. The molecule has 0 amide bonds. The van der Waals surface area contributed by atoms with Crippen molar-refractivity contribution in [2.45, 2.75) is 92.4 Å². The topological polar surface area (TPSA) is 0 Å². The van der Waals surface area contributed by atoms with Crippen LogP contribution in [0.1, 0.15) is 103 Å². The van der Waals surface area contributed by atoms with Crippen molar-refractivity contribution < 1.29 is 0 Å². The van der Waals surface area contributed by atoms with Gasteiger partial charge in [-0.2, -0.15) is 0 Å². The lowest BCUT2D eigenvalue weighted by atomic mass is 9.76. The summed E-state index contributed by atoms with van der Waals surface area (Å²) in [6.45, 7) is 23.3. The van der Waals surface area contributed by atoms with E-state index in [-0.39, 0.29) is 16.2 Å². The van der Waals surface area contributed by atoms with E-state index < -0.39 is 0 Å². The van der Waals surface area contributed by atoms with Gasteiger partial charge in [-0.1, -0.05) is 110 Å². The Bertz CT molecular complexity index is 1100. The quantitative estimate of drug-likeness (QED) is 0.374. The Kier molecular flexibility index (Phi) is 4.97. The van der Waals surface area contributed by atoms with E-state index in [0.29, 0.717) is 5.92 Å². The van der Waals surface area contributed by atoms with Gasteiger partial charge in [-0.15, -0.1) is 0 Å². The third kappa shape index (κ3) is 3.95. The molecule has 0 radical (unpaired) electrons. The first kappa shape index (κ1) is 22.1. The SMILES string of the molecule is CC1=CC(C(C)(C)C)=CC1c1cc2c(cc1C(C)(C)C)-c1cc(C(C)(C)C)ccc1C2. The van der Waals surface area contributed by atoms with Crippen molar-refractivity contribution in [1.82, 2.24) is 0 Å². The average Bonchev–Trinajstić information content (AvgIpc) is 3.18. The standard InChI is InChI=1S/C31H40/c1-19-13-23(30(5,6)7)17-24(19)27-15-21-14-20-11-12-22(29(2,3)4)16-25(20)26(21)18-28(27)31(8,9)10/h11-13,15-18,24H,14H2,1-10H3. The lowest BCUT2D eigenvalue weighted by molar-refractivity contribution is 0.517. The summed E-state index contributed by atoms with van der Waals surface area (Å²) in [6, 6.07) is 12.2. The Balaban J connectivity index is 1.89. The second-order valence-electron chi connectivity index (χ2n) is 12.9. The van der Waals surface area contributed by atoms with Crippen LogP contribution in [0.5, 0.6) is 0 Å². The van der Waals surface area contributed by atoms with Gasteiger partial charge in [0, 0.05) is 5.92 Å². The number of hydrogen-bond donors (Lipinski definition) is 0. The summed E-state index contributed by atoms with van der Waals surface area (Å²) in [5.41, 5.74) is 13.7. The summed E-state index contributed by atoms with van der Waals surface area (Å²) in [5.74, 6) is 0.391. The maximum atomic E-state index is 2.54. The van der Waals surface area contributed by atoms with Gasteiger partial charge in [0.15, 0.2) is 0 Å². The predicted molar refractivity (Wildman–Crippen MR) is 136 cm³/mol. The minimum absolute atomic E-state index is 0.105. The second-order valence-corrected chi connectivity index (χ2v) is 12.9. The highest BCUT2D eigenvalue weighted by Crippen LogP contribution is 2.47. The molecule has 0 heteroatoms. The van der Waals surface area contributed by atoms with Gasteiger partial charge >= 0.3 is 0 Å². The van der Waals surface area contributed by atoms with Crippen molar-refractivity contribution in [2.24, 2.45) is 5.41 Å². The second kappa shape index (κ2) is 6.96. The zero-order valence-corrected chi connectivity index (χ0v) is 21.3. The van der Waals surface area contributed by atoms with Gasteiger partial charge in [0.1, 0.15) is 0 Å². The average molecular weight is 413 g/mol. The molecule has 0 saturated heterocycles. The zero-order chi connectivity index (χ0) is 22.9. The van der Waals surface area contributed by atoms with Gasteiger partial charge < -0.3 is 0 Å². The first-order valence-corrected chi connectivity index (χ1v) is 11.9. The molecular weight excluding hydrogens is 372 g/mol. The molecule has 31 heavy (non-hydrogen) atoms. The third-order valence-corrected chi connectivity index (χ3v) is 7.15. The van der Waals surface area contributed by atoms with Crippen molar-refractivity contribution in [3.8, 4) is 11.1 Å². The molecule has 1 unspecified atom stereocenters. The molecule has 4 rings (SSSR count). The zero-order valence-electron chi connectivity index (χ0n) is 21.3. The van der Waals surface area contributed by atoms with E-state index in [0.717, 1.165) is 6.42 Å². The number of allylic oxidation sites excluding steroid dienone is 4. The van der Waals surface area contributed by atoms with E-state index in [9.17, 15) is 0 Å². The molecule has 0 bridgehead atoms. The van der Waals surface area contributed by atoms with Crippen LogP contribution in [0.15, 0.2) is 53.6 Å². The minimum atomic E-state index is 0.105. The van der Waals surface area contributed by atoms with Crippen LogP contribution >= 0.6 is 0 Å². The molecule has 2 aromatic rings. The minimum Gasteiger partial charge on any atom is -0.0692 e. The molecule has 0 spiro atoms. The summed E-state index contributed by atoms with van der Waals surface area (Å²) in [6.07, 6.45) is 6.00. The Morgan fingerprint density at radius 2 is 1.35 bits per heavy atom. The van der Waals surface area contributed by atoms with Crippen LogP contribution in [0.2, 0.25) is 0 Å². The number of benzene rings is 2. The van der Waals surface area contributed by atoms with Crippen LogP contribution in [-0.4, -0.2) is 0 Å². The number of rotatable bonds is 1. The van der Waals surface area contributed by atoms with Gasteiger partial charge in [0.05, 0.1) is 0 Å². The third-order valence-electron chi connectivity index (χ3n) is 7.15. The molecule has 0 aromatic heterocycles. The molecule has 0 fully saturated rings. The summed E-state index contributed by atoms with van der Waals surface area (Å²) in [4.78, 5) is 0. The van der Waals surface area contributed by atoms with E-state index in [4.69, 9.17) is 0 Å². The number of fused-ring (bicyclic) bond motifs is 3. The molecule has 2 aromatic carbocycles. The normalized spacial score (nSPS) is 18.6. The van der Waals surface area contributed by atoms with Gasteiger partial charge in [-0.3, -0.25) is 0 Å². The van der Waals surface area contributed by atoms with Crippen molar-refractivity contribution in [3.63, 3.8) is 0 Å². The predicted octanol–water partition coefficient (Wildman–Crippen LogP) is 8.87. The monoisotopic (exact) mass is 412 g/mol. The summed E-state index contributed by atoms with van der Waals surface area (Å²) >= 11 is 0. The van der Waals surface area contributed by atoms with E-state index in [1.807, 2.05) is 0 Å². The van der Waals surface area contributed by atoms with Gasteiger partial charge in [0.25, 0.3) is 0 Å².